The highest BCUT2D eigenvalue weighted by molar-refractivity contribution is 7.92. The lowest BCUT2D eigenvalue weighted by atomic mass is 10.1. The second-order valence-corrected chi connectivity index (χ2v) is 8.78. The minimum atomic E-state index is -3.80. The maximum atomic E-state index is 12.8. The molecule has 1 amide bonds. The molecule has 5 nitrogen and oxygen atoms in total. The van der Waals surface area contributed by atoms with E-state index in [-0.39, 0.29) is 10.8 Å². The number of nitrogens with zero attached hydrogens (tertiary/aromatic N) is 1. The van der Waals surface area contributed by atoms with Crippen LogP contribution in [0.5, 0.6) is 0 Å². The normalized spacial score (nSPS) is 11.1. The van der Waals surface area contributed by atoms with Gasteiger partial charge >= 0.3 is 0 Å². The molecule has 0 aliphatic carbocycles. The van der Waals surface area contributed by atoms with Crippen molar-refractivity contribution in [3.8, 4) is 0 Å². The molecule has 0 aromatic heterocycles. The van der Waals surface area contributed by atoms with Gasteiger partial charge in [0.15, 0.2) is 0 Å². The number of rotatable bonds is 6. The van der Waals surface area contributed by atoms with E-state index >= 15 is 0 Å². The Morgan fingerprint density at radius 2 is 1.66 bits per heavy atom. The molecule has 0 radical (unpaired) electrons. The number of hydrogen-bond donors (Lipinski definition) is 1. The molecule has 0 heterocycles. The van der Waals surface area contributed by atoms with E-state index in [1.54, 1.807) is 36.2 Å². The van der Waals surface area contributed by atoms with Crippen molar-refractivity contribution in [1.82, 2.24) is 4.90 Å². The number of anilines is 1. The summed E-state index contributed by atoms with van der Waals surface area (Å²) in [6.45, 7) is 4.28. The summed E-state index contributed by atoms with van der Waals surface area (Å²) < 4.78 is 28.2. The van der Waals surface area contributed by atoms with Gasteiger partial charge in [-0.15, -0.1) is 0 Å². The summed E-state index contributed by atoms with van der Waals surface area (Å²) in [5, 5.41) is 0. The molecule has 0 spiro atoms. The quantitative estimate of drug-likeness (QED) is 0.658. The van der Waals surface area contributed by atoms with Crippen molar-refractivity contribution >= 4 is 21.6 Å². The highest BCUT2D eigenvalue weighted by Gasteiger charge is 2.19. The van der Waals surface area contributed by atoms with E-state index in [0.717, 1.165) is 16.7 Å². The molecule has 0 saturated heterocycles. The van der Waals surface area contributed by atoms with Gasteiger partial charge in [0.25, 0.3) is 15.9 Å². The standard InChI is InChI=1S/C23H24N2O3S/c1-17-8-6-10-19(14-17)16-25(3)23(26)20-11-7-12-21(15-20)29(27,28)24-22-13-5-4-9-18(22)2/h4-15,24H,16H2,1-3H3. The van der Waals surface area contributed by atoms with Crippen molar-refractivity contribution in [2.75, 3.05) is 11.8 Å². The van der Waals surface area contributed by atoms with Crippen molar-refractivity contribution in [1.29, 1.82) is 0 Å². The first-order valence-corrected chi connectivity index (χ1v) is 10.7. The van der Waals surface area contributed by atoms with Gasteiger partial charge in [-0.2, -0.15) is 0 Å². The van der Waals surface area contributed by atoms with Crippen LogP contribution >= 0.6 is 0 Å². The van der Waals surface area contributed by atoms with Gasteiger partial charge in [-0.3, -0.25) is 9.52 Å². The second kappa shape index (κ2) is 8.49. The van der Waals surface area contributed by atoms with Gasteiger partial charge < -0.3 is 4.90 Å². The Bertz CT molecular complexity index is 1140. The summed E-state index contributed by atoms with van der Waals surface area (Å²) in [7, 11) is -2.10. The van der Waals surface area contributed by atoms with Crippen LogP contribution in [0.4, 0.5) is 5.69 Å². The Balaban J connectivity index is 1.81. The molecule has 0 bridgehead atoms. The average molecular weight is 409 g/mol. The molecule has 0 aliphatic heterocycles. The van der Waals surface area contributed by atoms with Crippen LogP contribution in [0.3, 0.4) is 0 Å². The van der Waals surface area contributed by atoms with Crippen LogP contribution in [0.25, 0.3) is 0 Å². The van der Waals surface area contributed by atoms with E-state index in [2.05, 4.69) is 4.72 Å². The van der Waals surface area contributed by atoms with Gasteiger partial charge in [0, 0.05) is 19.2 Å². The Kier molecular flexibility index (Phi) is 6.03. The Morgan fingerprint density at radius 3 is 2.38 bits per heavy atom. The fourth-order valence-corrected chi connectivity index (χ4v) is 4.24. The second-order valence-electron chi connectivity index (χ2n) is 7.10. The van der Waals surface area contributed by atoms with E-state index in [0.29, 0.717) is 17.8 Å². The molecule has 0 aliphatic rings. The topological polar surface area (TPSA) is 66.5 Å². The number of aryl methyl sites for hydroxylation is 2. The van der Waals surface area contributed by atoms with Crippen molar-refractivity contribution in [2.24, 2.45) is 0 Å². The van der Waals surface area contributed by atoms with E-state index in [1.807, 2.05) is 50.2 Å². The van der Waals surface area contributed by atoms with E-state index in [9.17, 15) is 13.2 Å². The fraction of sp³-hybridized carbons (Fsp3) is 0.174. The van der Waals surface area contributed by atoms with Crippen LogP contribution in [0.2, 0.25) is 0 Å². The zero-order valence-corrected chi connectivity index (χ0v) is 17.5. The van der Waals surface area contributed by atoms with Gasteiger partial charge in [-0.1, -0.05) is 54.1 Å². The Hall–Kier alpha value is -3.12. The first-order chi connectivity index (χ1) is 13.8. The van der Waals surface area contributed by atoms with E-state index in [4.69, 9.17) is 0 Å². The lowest BCUT2D eigenvalue weighted by Crippen LogP contribution is -2.26. The third-order valence-corrected chi connectivity index (χ3v) is 5.99. The van der Waals surface area contributed by atoms with Gasteiger partial charge in [-0.25, -0.2) is 8.42 Å². The van der Waals surface area contributed by atoms with Crippen molar-refractivity contribution in [3.63, 3.8) is 0 Å². The monoisotopic (exact) mass is 408 g/mol. The summed E-state index contributed by atoms with van der Waals surface area (Å²) in [5.74, 6) is -0.237. The molecule has 0 fully saturated rings. The Morgan fingerprint density at radius 1 is 0.931 bits per heavy atom. The highest BCUT2D eigenvalue weighted by Crippen LogP contribution is 2.20. The maximum Gasteiger partial charge on any atom is 0.261 e. The first-order valence-electron chi connectivity index (χ1n) is 9.26. The number of para-hydroxylation sites is 1. The number of sulfonamides is 1. The van der Waals surface area contributed by atoms with Crippen LogP contribution in [0, 0.1) is 13.8 Å². The van der Waals surface area contributed by atoms with Crippen molar-refractivity contribution in [2.45, 2.75) is 25.3 Å². The Labute approximate surface area is 172 Å². The van der Waals surface area contributed by atoms with Gasteiger partial charge in [0.05, 0.1) is 10.6 Å². The molecule has 0 atom stereocenters. The lowest BCUT2D eigenvalue weighted by Gasteiger charge is -2.18. The fourth-order valence-electron chi connectivity index (χ4n) is 3.06. The average Bonchev–Trinajstić information content (AvgIpc) is 2.69. The molecule has 3 aromatic carbocycles. The third kappa shape index (κ3) is 5.03. The molecular weight excluding hydrogens is 384 g/mol. The summed E-state index contributed by atoms with van der Waals surface area (Å²) in [4.78, 5) is 14.5. The molecule has 0 unspecified atom stereocenters. The van der Waals surface area contributed by atoms with E-state index < -0.39 is 10.0 Å². The zero-order chi connectivity index (χ0) is 21.0. The van der Waals surface area contributed by atoms with Crippen LogP contribution in [0.1, 0.15) is 27.0 Å². The zero-order valence-electron chi connectivity index (χ0n) is 16.7. The van der Waals surface area contributed by atoms with E-state index in [1.165, 1.54) is 12.1 Å². The molecular formula is C23H24N2O3S. The SMILES string of the molecule is Cc1cccc(CN(C)C(=O)c2cccc(S(=O)(=O)Nc3ccccc3C)c2)c1. The van der Waals surface area contributed by atoms with Crippen LogP contribution < -0.4 is 4.72 Å². The predicted molar refractivity (Wildman–Crippen MR) is 115 cm³/mol. The molecule has 1 N–H and O–H groups in total. The molecule has 150 valence electrons. The van der Waals surface area contributed by atoms with Gasteiger partial charge in [0.1, 0.15) is 0 Å². The van der Waals surface area contributed by atoms with Gasteiger partial charge in [0.2, 0.25) is 0 Å². The summed E-state index contributed by atoms with van der Waals surface area (Å²) in [6, 6.07) is 21.2. The number of hydrogen-bond acceptors (Lipinski definition) is 3. The number of carbonyl (C=O) groups is 1. The molecule has 6 heteroatoms. The number of nitrogens with one attached hydrogen (secondary N) is 1. The molecule has 3 rings (SSSR count). The summed E-state index contributed by atoms with van der Waals surface area (Å²) in [5.41, 5.74) is 3.80. The van der Waals surface area contributed by atoms with Crippen LogP contribution in [-0.4, -0.2) is 26.3 Å². The molecule has 3 aromatic rings. The van der Waals surface area contributed by atoms with Crippen LogP contribution in [0.15, 0.2) is 77.7 Å². The van der Waals surface area contributed by atoms with Crippen molar-refractivity contribution < 1.29 is 13.2 Å². The first kappa shape index (κ1) is 20.6. The highest BCUT2D eigenvalue weighted by atomic mass is 32.2. The maximum absolute atomic E-state index is 12.8. The third-order valence-electron chi connectivity index (χ3n) is 4.63. The number of amides is 1. The summed E-state index contributed by atoms with van der Waals surface area (Å²) >= 11 is 0. The minimum Gasteiger partial charge on any atom is -0.337 e. The smallest absolute Gasteiger partial charge is 0.261 e. The minimum absolute atomic E-state index is 0.0514. The van der Waals surface area contributed by atoms with Gasteiger partial charge in [-0.05, 0) is 49.2 Å². The molecule has 29 heavy (non-hydrogen) atoms. The largest absolute Gasteiger partial charge is 0.337 e. The lowest BCUT2D eigenvalue weighted by molar-refractivity contribution is 0.0785. The number of carbonyl (C=O) groups excluding carboxylic acids is 1. The number of benzene rings is 3. The van der Waals surface area contributed by atoms with Crippen LogP contribution in [-0.2, 0) is 16.6 Å². The predicted octanol–water partition coefficient (Wildman–Crippen LogP) is 4.38. The van der Waals surface area contributed by atoms with Crippen molar-refractivity contribution in [3.05, 3.63) is 95.1 Å². The summed E-state index contributed by atoms with van der Waals surface area (Å²) in [6.07, 6.45) is 0. The molecule has 0 saturated carbocycles.